The van der Waals surface area contributed by atoms with E-state index >= 15 is 0 Å². The SMILES string of the molecule is CC(C)n1cc(-c2nc3c4ccccc4nc(Nc4ccccnc4=O)n3n2)cn1. The first kappa shape index (κ1) is 17.9. The summed E-state index contributed by atoms with van der Waals surface area (Å²) in [6.45, 7) is 4.11. The van der Waals surface area contributed by atoms with Gasteiger partial charge >= 0.3 is 0 Å². The van der Waals surface area contributed by atoms with E-state index in [2.05, 4.69) is 39.3 Å². The minimum Gasteiger partial charge on any atom is -0.319 e. The fraction of sp³-hybridized carbons (Fsp3) is 0.143. The third kappa shape index (κ3) is 3.06. The van der Waals surface area contributed by atoms with E-state index in [-0.39, 0.29) is 11.6 Å². The van der Waals surface area contributed by atoms with Gasteiger partial charge in [-0.1, -0.05) is 18.2 Å². The second kappa shape index (κ2) is 7.03. The van der Waals surface area contributed by atoms with Gasteiger partial charge in [0.2, 0.25) is 5.95 Å². The summed E-state index contributed by atoms with van der Waals surface area (Å²) >= 11 is 0. The number of hydrogen-bond donors (Lipinski definition) is 1. The third-order valence-electron chi connectivity index (χ3n) is 4.70. The van der Waals surface area contributed by atoms with Gasteiger partial charge in [-0.3, -0.25) is 9.48 Å². The largest absolute Gasteiger partial charge is 0.319 e. The molecular formula is C21H18N8O. The molecule has 0 saturated heterocycles. The second-order valence-electron chi connectivity index (χ2n) is 7.10. The van der Waals surface area contributed by atoms with Crippen molar-refractivity contribution in [2.45, 2.75) is 19.9 Å². The Morgan fingerprint density at radius 3 is 2.70 bits per heavy atom. The predicted molar refractivity (Wildman–Crippen MR) is 114 cm³/mol. The molecule has 0 unspecified atom stereocenters. The number of anilines is 2. The Labute approximate surface area is 171 Å². The van der Waals surface area contributed by atoms with E-state index in [1.54, 1.807) is 28.9 Å². The van der Waals surface area contributed by atoms with Crippen molar-refractivity contribution < 1.29 is 0 Å². The Morgan fingerprint density at radius 1 is 1.03 bits per heavy atom. The van der Waals surface area contributed by atoms with Crippen LogP contribution in [0.4, 0.5) is 11.6 Å². The van der Waals surface area contributed by atoms with E-state index in [1.807, 2.05) is 35.1 Å². The molecule has 0 amide bonds. The van der Waals surface area contributed by atoms with Gasteiger partial charge in [0.05, 0.1) is 17.3 Å². The van der Waals surface area contributed by atoms with Gasteiger partial charge in [0, 0.05) is 23.8 Å². The first-order valence-corrected chi connectivity index (χ1v) is 9.52. The van der Waals surface area contributed by atoms with Gasteiger partial charge in [0.25, 0.3) is 5.56 Å². The lowest BCUT2D eigenvalue weighted by Gasteiger charge is -2.07. The molecule has 9 heteroatoms. The molecule has 0 saturated carbocycles. The molecule has 1 aromatic carbocycles. The number of hydrogen-bond acceptors (Lipinski definition) is 7. The number of nitrogens with one attached hydrogen (secondary N) is 1. The van der Waals surface area contributed by atoms with Gasteiger partial charge in [0.1, 0.15) is 5.69 Å². The number of benzene rings is 1. The summed E-state index contributed by atoms with van der Waals surface area (Å²) in [4.78, 5) is 25.5. The Morgan fingerprint density at radius 2 is 1.87 bits per heavy atom. The minimum atomic E-state index is -0.387. The second-order valence-corrected chi connectivity index (χ2v) is 7.10. The number of rotatable bonds is 4. The van der Waals surface area contributed by atoms with Gasteiger partial charge in [-0.05, 0) is 38.1 Å². The summed E-state index contributed by atoms with van der Waals surface area (Å²) in [6.07, 6.45) is 5.12. The van der Waals surface area contributed by atoms with Gasteiger partial charge in [-0.15, -0.1) is 5.10 Å². The summed E-state index contributed by atoms with van der Waals surface area (Å²) in [7, 11) is 0. The maximum absolute atomic E-state index is 12.3. The van der Waals surface area contributed by atoms with E-state index in [0.29, 0.717) is 23.1 Å². The minimum absolute atomic E-state index is 0.234. The first-order chi connectivity index (χ1) is 14.6. The van der Waals surface area contributed by atoms with E-state index in [1.165, 1.54) is 6.20 Å². The molecule has 0 spiro atoms. The number of nitrogens with zero attached hydrogens (tertiary/aromatic N) is 7. The van der Waals surface area contributed by atoms with E-state index in [9.17, 15) is 4.79 Å². The molecule has 0 aliphatic carbocycles. The van der Waals surface area contributed by atoms with Gasteiger partial charge < -0.3 is 5.32 Å². The topological polar surface area (TPSA) is 103 Å². The highest BCUT2D eigenvalue weighted by Crippen LogP contribution is 2.25. The van der Waals surface area contributed by atoms with Gasteiger partial charge in [-0.2, -0.15) is 9.61 Å². The molecular weight excluding hydrogens is 380 g/mol. The molecule has 0 bridgehead atoms. The van der Waals surface area contributed by atoms with Crippen LogP contribution in [0.15, 0.2) is 65.8 Å². The molecule has 0 atom stereocenters. The van der Waals surface area contributed by atoms with Crippen molar-refractivity contribution in [3.05, 3.63) is 71.4 Å². The van der Waals surface area contributed by atoms with Crippen molar-refractivity contribution in [2.24, 2.45) is 0 Å². The number of fused-ring (bicyclic) bond motifs is 3. The van der Waals surface area contributed by atoms with Crippen molar-refractivity contribution in [1.29, 1.82) is 0 Å². The average molecular weight is 398 g/mol. The quantitative estimate of drug-likeness (QED) is 0.496. The van der Waals surface area contributed by atoms with Crippen LogP contribution in [0, 0.1) is 0 Å². The van der Waals surface area contributed by atoms with Crippen LogP contribution in [0.3, 0.4) is 0 Å². The molecule has 5 rings (SSSR count). The number of aromatic nitrogens is 7. The van der Waals surface area contributed by atoms with E-state index in [0.717, 1.165) is 16.5 Å². The smallest absolute Gasteiger partial charge is 0.293 e. The van der Waals surface area contributed by atoms with Crippen LogP contribution in [-0.2, 0) is 0 Å². The van der Waals surface area contributed by atoms with Crippen LogP contribution in [0.25, 0.3) is 27.9 Å². The molecule has 4 heterocycles. The average Bonchev–Trinajstić information content (AvgIpc) is 3.36. The highest BCUT2D eigenvalue weighted by molar-refractivity contribution is 5.93. The molecule has 0 aliphatic heterocycles. The fourth-order valence-corrected chi connectivity index (χ4v) is 3.16. The van der Waals surface area contributed by atoms with Crippen LogP contribution >= 0.6 is 0 Å². The molecule has 0 aliphatic rings. The third-order valence-corrected chi connectivity index (χ3v) is 4.70. The lowest BCUT2D eigenvalue weighted by atomic mass is 10.2. The van der Waals surface area contributed by atoms with Crippen LogP contribution in [0.2, 0.25) is 0 Å². The standard InChI is InChI=1S/C21H18N8O/c1-13(2)28-12-14(11-23-28)18-26-19-15-7-3-4-8-16(15)24-21(29(19)27-18)25-17-9-5-6-10-22-20(17)30/h3-13H,1-2H3,(H,22,24,25,30). The maximum atomic E-state index is 12.3. The first-order valence-electron chi connectivity index (χ1n) is 9.52. The van der Waals surface area contributed by atoms with Crippen LogP contribution in [-0.4, -0.2) is 34.3 Å². The van der Waals surface area contributed by atoms with Gasteiger partial charge in [0.15, 0.2) is 11.5 Å². The Hall–Kier alpha value is -4.14. The van der Waals surface area contributed by atoms with Crippen molar-refractivity contribution >= 4 is 28.2 Å². The lowest BCUT2D eigenvalue weighted by molar-refractivity contribution is 0.532. The van der Waals surface area contributed by atoms with Gasteiger partial charge in [-0.25, -0.2) is 15.0 Å². The highest BCUT2D eigenvalue weighted by Gasteiger charge is 2.16. The highest BCUT2D eigenvalue weighted by atomic mass is 16.1. The zero-order valence-electron chi connectivity index (χ0n) is 16.4. The fourth-order valence-electron chi connectivity index (χ4n) is 3.16. The zero-order chi connectivity index (χ0) is 20.7. The molecule has 0 radical (unpaired) electrons. The normalized spacial score (nSPS) is 11.4. The zero-order valence-corrected chi connectivity index (χ0v) is 16.4. The monoisotopic (exact) mass is 398 g/mol. The Balaban J connectivity index is 1.72. The Bertz CT molecular complexity index is 1440. The van der Waals surface area contributed by atoms with Crippen molar-refractivity contribution in [2.75, 3.05) is 5.32 Å². The van der Waals surface area contributed by atoms with Crippen molar-refractivity contribution in [1.82, 2.24) is 34.3 Å². The molecule has 4 aromatic heterocycles. The van der Waals surface area contributed by atoms with Crippen LogP contribution in [0.1, 0.15) is 19.9 Å². The van der Waals surface area contributed by atoms with Crippen molar-refractivity contribution in [3.8, 4) is 11.4 Å². The summed E-state index contributed by atoms with van der Waals surface area (Å²) in [5, 5.41) is 13.0. The number of para-hydroxylation sites is 1. The molecule has 30 heavy (non-hydrogen) atoms. The molecule has 0 fully saturated rings. The Kier molecular flexibility index (Phi) is 4.20. The van der Waals surface area contributed by atoms with Crippen molar-refractivity contribution in [3.63, 3.8) is 0 Å². The molecule has 148 valence electrons. The lowest BCUT2D eigenvalue weighted by Crippen LogP contribution is -2.11. The summed E-state index contributed by atoms with van der Waals surface area (Å²) < 4.78 is 3.46. The summed E-state index contributed by atoms with van der Waals surface area (Å²) in [6, 6.07) is 13.0. The maximum Gasteiger partial charge on any atom is 0.293 e. The molecule has 9 nitrogen and oxygen atoms in total. The van der Waals surface area contributed by atoms with Crippen LogP contribution < -0.4 is 10.9 Å². The molecule has 1 N–H and O–H groups in total. The van der Waals surface area contributed by atoms with E-state index < -0.39 is 0 Å². The summed E-state index contributed by atoms with van der Waals surface area (Å²) in [5.74, 6) is 0.908. The van der Waals surface area contributed by atoms with Crippen LogP contribution in [0.5, 0.6) is 0 Å². The van der Waals surface area contributed by atoms with E-state index in [4.69, 9.17) is 4.98 Å². The molecule has 5 aromatic rings. The predicted octanol–water partition coefficient (Wildman–Crippen LogP) is 3.22. The summed E-state index contributed by atoms with van der Waals surface area (Å²) in [5.41, 5.74) is 2.09.